The summed E-state index contributed by atoms with van der Waals surface area (Å²) in [5.41, 5.74) is 0.977. The number of carbonyl (C=O) groups is 1. The summed E-state index contributed by atoms with van der Waals surface area (Å²) >= 11 is 0. The van der Waals surface area contributed by atoms with Gasteiger partial charge < -0.3 is 14.4 Å². The van der Waals surface area contributed by atoms with E-state index in [9.17, 15) is 4.79 Å². The molecule has 0 radical (unpaired) electrons. The second-order valence-corrected chi connectivity index (χ2v) is 5.55. The molecule has 1 amide bonds. The Morgan fingerprint density at radius 3 is 3.05 bits per heavy atom. The third-order valence-corrected chi connectivity index (χ3v) is 4.03. The second kappa shape index (κ2) is 6.20. The molecule has 21 heavy (non-hydrogen) atoms. The lowest BCUT2D eigenvalue weighted by molar-refractivity contribution is -0.130. The highest BCUT2D eigenvalue weighted by Gasteiger charge is 2.24. The van der Waals surface area contributed by atoms with Crippen molar-refractivity contribution in [2.45, 2.75) is 38.6 Å². The molecule has 0 saturated heterocycles. The minimum Gasteiger partial charge on any atom is -0.454 e. The Bertz CT molecular complexity index is 553. The van der Waals surface area contributed by atoms with Crippen LogP contribution in [0.25, 0.3) is 0 Å². The van der Waals surface area contributed by atoms with Gasteiger partial charge in [0.15, 0.2) is 11.5 Å². The molecule has 2 heterocycles. The molecule has 1 aromatic carbocycles. The molecule has 0 aromatic heterocycles. The van der Waals surface area contributed by atoms with Crippen molar-refractivity contribution >= 4 is 5.91 Å². The number of nitrogens with zero attached hydrogens (tertiary/aromatic N) is 1. The van der Waals surface area contributed by atoms with Crippen molar-refractivity contribution in [2.24, 2.45) is 0 Å². The van der Waals surface area contributed by atoms with E-state index < -0.39 is 0 Å². The number of benzene rings is 1. The average molecular weight is 287 g/mol. The zero-order valence-electron chi connectivity index (χ0n) is 12.4. The van der Waals surface area contributed by atoms with Crippen LogP contribution in [0.3, 0.4) is 0 Å². The fourth-order valence-corrected chi connectivity index (χ4v) is 2.85. The Balaban J connectivity index is 1.63. The first-order valence-corrected chi connectivity index (χ1v) is 7.62. The molecule has 0 N–H and O–H groups in total. The Kier molecular flexibility index (Phi) is 4.13. The van der Waals surface area contributed by atoms with Gasteiger partial charge in [0.05, 0.1) is 12.5 Å². The molecule has 0 saturated carbocycles. The predicted molar refractivity (Wildman–Crippen MR) is 80.4 cm³/mol. The van der Waals surface area contributed by atoms with E-state index in [1.54, 1.807) is 0 Å². The topological polar surface area (TPSA) is 38.8 Å². The van der Waals surface area contributed by atoms with Gasteiger partial charge in [-0.25, -0.2) is 0 Å². The first kappa shape index (κ1) is 14.0. The summed E-state index contributed by atoms with van der Waals surface area (Å²) in [6.45, 7) is 3.18. The molecule has 112 valence electrons. The Morgan fingerprint density at radius 2 is 2.19 bits per heavy atom. The van der Waals surface area contributed by atoms with Gasteiger partial charge in [-0.05, 0) is 24.1 Å². The summed E-state index contributed by atoms with van der Waals surface area (Å²) in [6, 6.07) is 5.99. The molecule has 4 heteroatoms. The van der Waals surface area contributed by atoms with E-state index in [4.69, 9.17) is 9.47 Å². The molecule has 2 aliphatic rings. The molecule has 0 fully saturated rings. The van der Waals surface area contributed by atoms with E-state index in [1.807, 2.05) is 23.1 Å². The van der Waals surface area contributed by atoms with Gasteiger partial charge in [-0.2, -0.15) is 0 Å². The summed E-state index contributed by atoms with van der Waals surface area (Å²) in [5, 5.41) is 0. The van der Waals surface area contributed by atoms with Crippen LogP contribution < -0.4 is 9.47 Å². The monoisotopic (exact) mass is 287 g/mol. The van der Waals surface area contributed by atoms with Gasteiger partial charge >= 0.3 is 0 Å². The Hall–Kier alpha value is -1.97. The van der Waals surface area contributed by atoms with Crippen LogP contribution in [0.4, 0.5) is 0 Å². The maximum absolute atomic E-state index is 12.5. The third kappa shape index (κ3) is 3.04. The van der Waals surface area contributed by atoms with E-state index in [-0.39, 0.29) is 18.7 Å². The van der Waals surface area contributed by atoms with E-state index in [2.05, 4.69) is 19.1 Å². The lowest BCUT2D eigenvalue weighted by Gasteiger charge is -2.24. The summed E-state index contributed by atoms with van der Waals surface area (Å²) in [7, 11) is 0. The van der Waals surface area contributed by atoms with Crippen molar-refractivity contribution in [3.05, 3.63) is 35.9 Å². The molecular formula is C17H21NO3. The smallest absolute Gasteiger partial charge is 0.231 e. The lowest BCUT2D eigenvalue weighted by Crippen LogP contribution is -2.37. The average Bonchev–Trinajstić information content (AvgIpc) is 3.13. The van der Waals surface area contributed by atoms with Crippen LogP contribution in [-0.2, 0) is 11.2 Å². The predicted octanol–water partition coefficient (Wildman–Crippen LogP) is 2.92. The third-order valence-electron chi connectivity index (χ3n) is 4.03. The van der Waals surface area contributed by atoms with E-state index in [0.29, 0.717) is 6.42 Å². The number of unbranched alkanes of at least 4 members (excludes halogenated alkanes) is 1. The van der Waals surface area contributed by atoms with Crippen LogP contribution >= 0.6 is 0 Å². The van der Waals surface area contributed by atoms with Crippen LogP contribution in [0.15, 0.2) is 30.4 Å². The summed E-state index contributed by atoms with van der Waals surface area (Å²) in [4.78, 5) is 14.5. The first-order valence-electron chi connectivity index (χ1n) is 7.62. The van der Waals surface area contributed by atoms with Crippen molar-refractivity contribution in [1.29, 1.82) is 0 Å². The largest absolute Gasteiger partial charge is 0.454 e. The highest BCUT2D eigenvalue weighted by Crippen LogP contribution is 2.32. The molecule has 0 bridgehead atoms. The number of hydrogen-bond donors (Lipinski definition) is 0. The number of ether oxygens (including phenoxy) is 2. The van der Waals surface area contributed by atoms with E-state index >= 15 is 0 Å². The molecule has 3 rings (SSSR count). The number of fused-ring (bicyclic) bond motifs is 1. The quantitative estimate of drug-likeness (QED) is 0.782. The number of amides is 1. The molecule has 1 atom stereocenters. The van der Waals surface area contributed by atoms with Crippen LogP contribution in [0, 0.1) is 0 Å². The molecule has 0 spiro atoms. The summed E-state index contributed by atoms with van der Waals surface area (Å²) in [6.07, 6.45) is 8.04. The maximum Gasteiger partial charge on any atom is 0.231 e. The lowest BCUT2D eigenvalue weighted by atomic mass is 10.1. The fourth-order valence-electron chi connectivity index (χ4n) is 2.85. The zero-order valence-corrected chi connectivity index (χ0v) is 12.4. The number of rotatable bonds is 5. The van der Waals surface area contributed by atoms with Crippen molar-refractivity contribution in [1.82, 2.24) is 4.90 Å². The van der Waals surface area contributed by atoms with Crippen LogP contribution in [-0.4, -0.2) is 30.2 Å². The van der Waals surface area contributed by atoms with Crippen molar-refractivity contribution in [3.8, 4) is 11.5 Å². The summed E-state index contributed by atoms with van der Waals surface area (Å²) < 4.78 is 10.7. The molecule has 2 aliphatic heterocycles. The number of hydrogen-bond acceptors (Lipinski definition) is 3. The van der Waals surface area contributed by atoms with Crippen molar-refractivity contribution < 1.29 is 14.3 Å². The van der Waals surface area contributed by atoms with Gasteiger partial charge in [0, 0.05) is 6.54 Å². The second-order valence-electron chi connectivity index (χ2n) is 5.55. The molecule has 1 aromatic rings. The van der Waals surface area contributed by atoms with Gasteiger partial charge in [0.1, 0.15) is 0 Å². The fraction of sp³-hybridized carbons (Fsp3) is 0.471. The molecule has 1 unspecified atom stereocenters. The van der Waals surface area contributed by atoms with Crippen molar-refractivity contribution in [3.63, 3.8) is 0 Å². The minimum atomic E-state index is 0.181. The maximum atomic E-state index is 12.5. The van der Waals surface area contributed by atoms with Crippen LogP contribution in [0.5, 0.6) is 11.5 Å². The van der Waals surface area contributed by atoms with Crippen LogP contribution in [0.1, 0.15) is 31.7 Å². The van der Waals surface area contributed by atoms with Crippen LogP contribution in [0.2, 0.25) is 0 Å². The van der Waals surface area contributed by atoms with Gasteiger partial charge in [-0.3, -0.25) is 4.79 Å². The SMILES string of the molecule is CCCCC1C=CCN1C(=O)Cc1ccc2c(c1)OCO2. The minimum absolute atomic E-state index is 0.181. The van der Waals surface area contributed by atoms with E-state index in [0.717, 1.165) is 42.9 Å². The standard InChI is InChI=1S/C17H21NO3/c1-2-3-5-14-6-4-9-18(14)17(19)11-13-7-8-15-16(10-13)21-12-20-15/h4,6-8,10,14H,2-3,5,9,11-12H2,1H3. The Morgan fingerprint density at radius 1 is 1.33 bits per heavy atom. The normalized spacial score (nSPS) is 19.3. The summed E-state index contributed by atoms with van der Waals surface area (Å²) in [5.74, 6) is 1.68. The van der Waals surface area contributed by atoms with Gasteiger partial charge in [0.25, 0.3) is 0 Å². The van der Waals surface area contributed by atoms with Crippen molar-refractivity contribution in [2.75, 3.05) is 13.3 Å². The molecule has 4 nitrogen and oxygen atoms in total. The highest BCUT2D eigenvalue weighted by atomic mass is 16.7. The molecular weight excluding hydrogens is 266 g/mol. The Labute approximate surface area is 125 Å². The van der Waals surface area contributed by atoms with E-state index in [1.165, 1.54) is 0 Å². The number of carbonyl (C=O) groups excluding carboxylic acids is 1. The molecule has 0 aliphatic carbocycles. The van der Waals surface area contributed by atoms with Gasteiger partial charge in [0.2, 0.25) is 12.7 Å². The van der Waals surface area contributed by atoms with Gasteiger partial charge in [-0.1, -0.05) is 38.0 Å². The van der Waals surface area contributed by atoms with Gasteiger partial charge in [-0.15, -0.1) is 0 Å². The zero-order chi connectivity index (χ0) is 14.7. The highest BCUT2D eigenvalue weighted by molar-refractivity contribution is 5.80. The first-order chi connectivity index (χ1) is 10.3.